The third kappa shape index (κ3) is 6.40. The summed E-state index contributed by atoms with van der Waals surface area (Å²) in [6.07, 6.45) is 1.12. The van der Waals surface area contributed by atoms with Crippen molar-refractivity contribution in [3.63, 3.8) is 0 Å². The number of halogens is 2. The Balaban J connectivity index is 2.22. The first-order valence-electron chi connectivity index (χ1n) is 9.24. The third-order valence-electron chi connectivity index (χ3n) is 4.42. The summed E-state index contributed by atoms with van der Waals surface area (Å²) in [5, 5.41) is 21.7. The molecule has 0 heterocycles. The summed E-state index contributed by atoms with van der Waals surface area (Å²) in [7, 11) is 0. The number of carbonyl (C=O) groups excluding carboxylic acids is 1. The number of hydrogen-bond acceptors (Lipinski definition) is 5. The van der Waals surface area contributed by atoms with Gasteiger partial charge < -0.3 is 20.3 Å². The lowest BCUT2D eigenvalue weighted by molar-refractivity contribution is -0.132. The minimum absolute atomic E-state index is 0.0336. The van der Waals surface area contributed by atoms with E-state index in [0.29, 0.717) is 10.2 Å². The van der Waals surface area contributed by atoms with Crippen LogP contribution in [-0.4, -0.2) is 34.6 Å². The average Bonchev–Trinajstić information content (AvgIpc) is 2.70. The Morgan fingerprint density at radius 1 is 1.20 bits per heavy atom. The van der Waals surface area contributed by atoms with Crippen LogP contribution in [-0.2, 0) is 11.4 Å². The Bertz CT molecular complexity index is 928. The highest BCUT2D eigenvalue weighted by atomic mass is 79.9. The van der Waals surface area contributed by atoms with Crippen molar-refractivity contribution in [3.8, 4) is 5.75 Å². The Morgan fingerprint density at radius 2 is 1.87 bits per heavy atom. The van der Waals surface area contributed by atoms with E-state index in [0.717, 1.165) is 11.8 Å². The summed E-state index contributed by atoms with van der Waals surface area (Å²) in [5.41, 5.74) is 0.392. The summed E-state index contributed by atoms with van der Waals surface area (Å²) < 4.78 is 19.1. The van der Waals surface area contributed by atoms with Gasteiger partial charge in [0.05, 0.1) is 12.6 Å². The normalized spacial score (nSPS) is 12.5. The van der Waals surface area contributed by atoms with Gasteiger partial charge >= 0.3 is 5.97 Å². The molecule has 0 aliphatic carbocycles. The van der Waals surface area contributed by atoms with Crippen molar-refractivity contribution in [2.75, 3.05) is 6.61 Å². The second-order valence-corrected chi connectivity index (χ2v) is 7.80. The van der Waals surface area contributed by atoms with E-state index in [9.17, 15) is 24.2 Å². The van der Waals surface area contributed by atoms with Crippen molar-refractivity contribution in [2.45, 2.75) is 26.5 Å². The van der Waals surface area contributed by atoms with Crippen molar-refractivity contribution >= 4 is 27.7 Å². The van der Waals surface area contributed by atoms with Gasteiger partial charge in [0.1, 0.15) is 23.7 Å². The quantitative estimate of drug-likeness (QED) is 0.207. The number of carboxylic acid groups (broad SMARTS) is 1. The van der Waals surface area contributed by atoms with E-state index in [4.69, 9.17) is 4.74 Å². The first kappa shape index (κ1) is 23.6. The van der Waals surface area contributed by atoms with Gasteiger partial charge in [0, 0.05) is 16.2 Å². The van der Waals surface area contributed by atoms with Crippen molar-refractivity contribution in [1.82, 2.24) is 5.32 Å². The first-order chi connectivity index (χ1) is 14.2. The van der Waals surface area contributed by atoms with Gasteiger partial charge in [-0.15, -0.1) is 0 Å². The average molecular weight is 480 g/mol. The largest absolute Gasteiger partial charge is 0.489 e. The summed E-state index contributed by atoms with van der Waals surface area (Å²) in [5.74, 6) is -2.06. The number of ether oxygens (including phenoxy) is 1. The molecule has 6 nitrogen and oxygen atoms in total. The zero-order valence-corrected chi connectivity index (χ0v) is 18.1. The number of carbonyl (C=O) groups is 2. The Hall–Kier alpha value is -2.71. The number of ketones is 1. The standard InChI is InChI=1S/C22H23BrFNO5/c1-13(2)20(11-26)25-10-18(22(28)29)21(27)17-9-16(7-8-19(17)23)30-12-14-3-5-15(24)6-4-14/h3-10,13,20,25-26H,11-12H2,1-2H3,(H,28,29). The molecule has 0 aromatic heterocycles. The Kier molecular flexibility index (Phi) is 8.56. The second kappa shape index (κ2) is 10.9. The molecule has 0 radical (unpaired) electrons. The fourth-order valence-electron chi connectivity index (χ4n) is 2.53. The number of aliphatic hydroxyl groups is 1. The molecule has 160 valence electrons. The molecule has 3 N–H and O–H groups in total. The van der Waals surface area contributed by atoms with E-state index in [1.54, 1.807) is 24.3 Å². The SMILES string of the molecule is CC(C)C(CO)NC=C(C(=O)O)C(=O)c1cc(OCc2ccc(F)cc2)ccc1Br. The number of Topliss-reactive ketones (excluding diaryl/α,β-unsaturated/α-hetero) is 1. The maximum Gasteiger partial charge on any atom is 0.341 e. The Morgan fingerprint density at radius 3 is 2.43 bits per heavy atom. The van der Waals surface area contributed by atoms with Crippen LogP contribution in [0.4, 0.5) is 4.39 Å². The van der Waals surface area contributed by atoms with Gasteiger partial charge in [-0.25, -0.2) is 9.18 Å². The van der Waals surface area contributed by atoms with Crippen molar-refractivity contribution in [3.05, 3.63) is 75.7 Å². The van der Waals surface area contributed by atoms with Gasteiger partial charge in [0.2, 0.25) is 5.78 Å². The molecule has 0 saturated heterocycles. The topological polar surface area (TPSA) is 95.9 Å². The molecule has 8 heteroatoms. The number of carboxylic acids is 1. The molecule has 2 aromatic carbocycles. The number of rotatable bonds is 10. The van der Waals surface area contributed by atoms with Gasteiger partial charge in [-0.05, 0) is 41.8 Å². The molecular formula is C22H23BrFNO5. The highest BCUT2D eigenvalue weighted by Gasteiger charge is 2.23. The molecule has 2 aromatic rings. The van der Waals surface area contributed by atoms with E-state index in [1.807, 2.05) is 13.8 Å². The molecular weight excluding hydrogens is 457 g/mol. The number of aliphatic hydroxyl groups excluding tert-OH is 1. The maximum atomic E-state index is 13.0. The van der Waals surface area contributed by atoms with Crippen LogP contribution in [0.15, 0.2) is 58.7 Å². The Labute approximate surface area is 182 Å². The predicted octanol–water partition coefficient (Wildman–Crippen LogP) is 3.92. The van der Waals surface area contributed by atoms with Gasteiger partial charge in [0.25, 0.3) is 0 Å². The molecule has 0 aliphatic heterocycles. The second-order valence-electron chi connectivity index (χ2n) is 6.95. The molecule has 0 amide bonds. The molecule has 1 atom stereocenters. The molecule has 0 saturated carbocycles. The highest BCUT2D eigenvalue weighted by molar-refractivity contribution is 9.10. The maximum absolute atomic E-state index is 13.0. The zero-order valence-electron chi connectivity index (χ0n) is 16.6. The molecule has 0 fully saturated rings. The van der Waals surface area contributed by atoms with Crippen LogP contribution in [0.3, 0.4) is 0 Å². The fourth-order valence-corrected chi connectivity index (χ4v) is 2.96. The number of benzene rings is 2. The van der Waals surface area contributed by atoms with Crippen LogP contribution in [0.25, 0.3) is 0 Å². The number of nitrogens with one attached hydrogen (secondary N) is 1. The summed E-state index contributed by atoms with van der Waals surface area (Å²) in [6, 6.07) is 10.1. The van der Waals surface area contributed by atoms with Crippen LogP contribution in [0.1, 0.15) is 29.8 Å². The van der Waals surface area contributed by atoms with E-state index in [2.05, 4.69) is 21.2 Å². The van der Waals surface area contributed by atoms with Crippen LogP contribution in [0.5, 0.6) is 5.75 Å². The smallest absolute Gasteiger partial charge is 0.341 e. The minimum atomic E-state index is -1.39. The van der Waals surface area contributed by atoms with E-state index in [-0.39, 0.29) is 36.6 Å². The van der Waals surface area contributed by atoms with Gasteiger partial charge in [-0.3, -0.25) is 4.79 Å². The van der Waals surface area contributed by atoms with Crippen molar-refractivity contribution < 1.29 is 28.9 Å². The van der Waals surface area contributed by atoms with Crippen molar-refractivity contribution in [1.29, 1.82) is 0 Å². The van der Waals surface area contributed by atoms with Crippen LogP contribution in [0, 0.1) is 11.7 Å². The van der Waals surface area contributed by atoms with Gasteiger partial charge in [-0.1, -0.05) is 41.9 Å². The number of hydrogen-bond donors (Lipinski definition) is 3. The van der Waals surface area contributed by atoms with Crippen molar-refractivity contribution in [2.24, 2.45) is 5.92 Å². The molecule has 0 spiro atoms. The fraction of sp³-hybridized carbons (Fsp3) is 0.273. The summed E-state index contributed by atoms with van der Waals surface area (Å²) in [6.45, 7) is 3.68. The minimum Gasteiger partial charge on any atom is -0.489 e. The summed E-state index contributed by atoms with van der Waals surface area (Å²) in [4.78, 5) is 24.5. The lowest BCUT2D eigenvalue weighted by Gasteiger charge is -2.19. The molecule has 30 heavy (non-hydrogen) atoms. The van der Waals surface area contributed by atoms with E-state index in [1.165, 1.54) is 18.2 Å². The van der Waals surface area contributed by atoms with E-state index < -0.39 is 17.3 Å². The monoisotopic (exact) mass is 479 g/mol. The molecule has 1 unspecified atom stereocenters. The lowest BCUT2D eigenvalue weighted by Crippen LogP contribution is -2.34. The molecule has 2 rings (SSSR count). The highest BCUT2D eigenvalue weighted by Crippen LogP contribution is 2.26. The number of aliphatic carboxylic acids is 1. The lowest BCUT2D eigenvalue weighted by atomic mass is 10.0. The van der Waals surface area contributed by atoms with Crippen LogP contribution >= 0.6 is 15.9 Å². The predicted molar refractivity (Wildman–Crippen MR) is 114 cm³/mol. The third-order valence-corrected chi connectivity index (χ3v) is 5.11. The van der Waals surface area contributed by atoms with Crippen LogP contribution in [0.2, 0.25) is 0 Å². The first-order valence-corrected chi connectivity index (χ1v) is 10.0. The van der Waals surface area contributed by atoms with E-state index >= 15 is 0 Å². The molecule has 0 bridgehead atoms. The molecule has 0 aliphatic rings. The summed E-state index contributed by atoms with van der Waals surface area (Å²) >= 11 is 3.27. The van der Waals surface area contributed by atoms with Crippen LogP contribution < -0.4 is 10.1 Å². The van der Waals surface area contributed by atoms with Gasteiger partial charge in [-0.2, -0.15) is 0 Å². The van der Waals surface area contributed by atoms with Gasteiger partial charge in [0.15, 0.2) is 0 Å². The zero-order chi connectivity index (χ0) is 22.3.